The Morgan fingerprint density at radius 2 is 2.00 bits per heavy atom. The minimum absolute atomic E-state index is 0.129. The van der Waals surface area contributed by atoms with E-state index in [0.717, 1.165) is 12.8 Å². The predicted molar refractivity (Wildman–Crippen MR) is 95.2 cm³/mol. The van der Waals surface area contributed by atoms with Gasteiger partial charge in [0.05, 0.1) is 30.1 Å². The number of aryl methyl sites for hydroxylation is 1. The summed E-state index contributed by atoms with van der Waals surface area (Å²) in [6, 6.07) is 7.23. The Bertz CT molecular complexity index is 802. The average molecular weight is 344 g/mol. The molecule has 4 N–H and O–H groups in total. The topological polar surface area (TPSA) is 105 Å². The molecule has 0 fully saturated rings. The maximum Gasteiger partial charge on any atom is 0.268 e. The molecule has 3 rings (SSSR count). The number of unbranched alkanes of at least 4 members (excludes halogenated alkanes) is 1. The second kappa shape index (κ2) is 6.50. The number of amides is 1. The van der Waals surface area contributed by atoms with Crippen LogP contribution in [0.2, 0.25) is 0 Å². The third kappa shape index (κ3) is 2.51. The number of anilines is 2. The highest BCUT2D eigenvalue weighted by Gasteiger charge is 2.53. The summed E-state index contributed by atoms with van der Waals surface area (Å²) in [5, 5.41) is 25.0. The Morgan fingerprint density at radius 3 is 2.68 bits per heavy atom. The van der Waals surface area contributed by atoms with E-state index in [9.17, 15) is 9.90 Å². The number of aliphatic hydroxyl groups is 2. The number of rotatable bonds is 6. The van der Waals surface area contributed by atoms with Crippen molar-refractivity contribution >= 4 is 17.4 Å². The second-order valence-corrected chi connectivity index (χ2v) is 6.33. The Kier molecular flexibility index (Phi) is 4.53. The molecule has 0 unspecified atom stereocenters. The number of carbonyl (C=O) groups is 1. The number of aromatic nitrogens is 2. The highest BCUT2D eigenvalue weighted by Crippen LogP contribution is 2.47. The quantitative estimate of drug-likeness (QED) is 0.729. The van der Waals surface area contributed by atoms with Gasteiger partial charge in [-0.15, -0.1) is 0 Å². The summed E-state index contributed by atoms with van der Waals surface area (Å²) in [5.41, 5.74) is 6.34. The Balaban J connectivity index is 2.17. The molecule has 0 spiro atoms. The van der Waals surface area contributed by atoms with Gasteiger partial charge in [-0.2, -0.15) is 5.10 Å². The van der Waals surface area contributed by atoms with E-state index >= 15 is 0 Å². The van der Waals surface area contributed by atoms with E-state index in [1.165, 1.54) is 4.68 Å². The number of aliphatic hydroxyl groups excluding tert-OH is 1. The number of nitrogens with two attached hydrogens (primary N) is 1. The van der Waals surface area contributed by atoms with Crippen LogP contribution in [0.3, 0.4) is 0 Å². The standard InChI is InChI=1S/C18H24N4O3/c1-3-4-9-21-14-8-6-5-7-13(14)18(25,17(21)24)15-12(2)20-22(10-11-23)16(15)19/h5-8,23,25H,3-4,9-11,19H2,1-2H3/t18-/m1/s1. The summed E-state index contributed by atoms with van der Waals surface area (Å²) >= 11 is 0. The zero-order valence-electron chi connectivity index (χ0n) is 14.6. The van der Waals surface area contributed by atoms with Crippen LogP contribution in [0.4, 0.5) is 11.5 Å². The molecule has 1 aromatic carbocycles. The van der Waals surface area contributed by atoms with Gasteiger partial charge in [-0.1, -0.05) is 31.5 Å². The molecule has 0 aliphatic carbocycles. The third-order valence-electron chi connectivity index (χ3n) is 4.71. The molecular formula is C18H24N4O3. The van der Waals surface area contributed by atoms with Gasteiger partial charge in [0.25, 0.3) is 5.91 Å². The maximum absolute atomic E-state index is 13.2. The molecule has 2 aromatic rings. The van der Waals surface area contributed by atoms with Gasteiger partial charge in [-0.3, -0.25) is 4.79 Å². The Hall–Kier alpha value is -2.38. The number of carbonyl (C=O) groups excluding carboxylic acids is 1. The normalized spacial score (nSPS) is 19.5. The van der Waals surface area contributed by atoms with Gasteiger partial charge in [-0.05, 0) is 19.4 Å². The SMILES string of the molecule is CCCCN1C(=O)[C@](O)(c2c(C)nn(CCO)c2N)c2ccccc21. The summed E-state index contributed by atoms with van der Waals surface area (Å²) in [4.78, 5) is 14.8. The number of fused-ring (bicyclic) bond motifs is 1. The monoisotopic (exact) mass is 344 g/mol. The van der Waals surface area contributed by atoms with Crippen LogP contribution in [0.1, 0.15) is 36.6 Å². The molecule has 1 aliphatic rings. The first kappa shape index (κ1) is 17.4. The van der Waals surface area contributed by atoms with E-state index in [2.05, 4.69) is 12.0 Å². The minimum atomic E-state index is -1.85. The highest BCUT2D eigenvalue weighted by atomic mass is 16.3. The molecule has 0 saturated heterocycles. The lowest BCUT2D eigenvalue weighted by atomic mass is 9.87. The fourth-order valence-electron chi connectivity index (χ4n) is 3.53. The van der Waals surface area contributed by atoms with E-state index < -0.39 is 11.5 Å². The summed E-state index contributed by atoms with van der Waals surface area (Å²) in [6.07, 6.45) is 1.79. The fourth-order valence-corrected chi connectivity index (χ4v) is 3.53. The van der Waals surface area contributed by atoms with Gasteiger partial charge < -0.3 is 20.8 Å². The van der Waals surface area contributed by atoms with Crippen LogP contribution in [-0.4, -0.2) is 39.1 Å². The number of nitrogens with zero attached hydrogens (tertiary/aromatic N) is 3. The maximum atomic E-state index is 13.2. The molecule has 7 heteroatoms. The predicted octanol–water partition coefficient (Wildman–Crippen LogP) is 1.15. The Morgan fingerprint density at radius 1 is 1.28 bits per heavy atom. The van der Waals surface area contributed by atoms with Gasteiger partial charge in [0.1, 0.15) is 5.82 Å². The molecule has 0 bridgehead atoms. The van der Waals surface area contributed by atoms with Gasteiger partial charge in [0.2, 0.25) is 5.60 Å². The molecule has 1 aliphatic heterocycles. The molecule has 1 aromatic heterocycles. The molecule has 1 amide bonds. The molecule has 1 atom stereocenters. The first-order chi connectivity index (χ1) is 12.0. The average Bonchev–Trinajstić information content (AvgIpc) is 2.99. The summed E-state index contributed by atoms with van der Waals surface area (Å²) in [7, 11) is 0. The first-order valence-corrected chi connectivity index (χ1v) is 8.54. The number of hydrogen-bond acceptors (Lipinski definition) is 5. The summed E-state index contributed by atoms with van der Waals surface area (Å²) in [6.45, 7) is 4.38. The zero-order valence-corrected chi connectivity index (χ0v) is 14.6. The van der Waals surface area contributed by atoms with E-state index in [-0.39, 0.29) is 19.0 Å². The molecule has 2 heterocycles. The van der Waals surface area contributed by atoms with E-state index in [0.29, 0.717) is 29.1 Å². The van der Waals surface area contributed by atoms with E-state index in [1.54, 1.807) is 24.0 Å². The van der Waals surface area contributed by atoms with Gasteiger partial charge in [0.15, 0.2) is 0 Å². The molecular weight excluding hydrogens is 320 g/mol. The van der Waals surface area contributed by atoms with Crippen molar-refractivity contribution in [2.45, 2.75) is 38.8 Å². The van der Waals surface area contributed by atoms with Crippen LogP contribution in [0, 0.1) is 6.92 Å². The van der Waals surface area contributed by atoms with Crippen LogP contribution in [0.25, 0.3) is 0 Å². The van der Waals surface area contributed by atoms with E-state index in [4.69, 9.17) is 10.8 Å². The molecule has 0 radical (unpaired) electrons. The van der Waals surface area contributed by atoms with Crippen LogP contribution < -0.4 is 10.6 Å². The van der Waals surface area contributed by atoms with Crippen LogP contribution in [0.5, 0.6) is 0 Å². The third-order valence-corrected chi connectivity index (χ3v) is 4.71. The number of nitrogen functional groups attached to an aromatic ring is 1. The van der Waals surface area contributed by atoms with E-state index in [1.807, 2.05) is 12.1 Å². The van der Waals surface area contributed by atoms with Crippen molar-refractivity contribution < 1.29 is 15.0 Å². The van der Waals surface area contributed by atoms with Crippen molar-refractivity contribution in [1.82, 2.24) is 9.78 Å². The lowest BCUT2D eigenvalue weighted by Gasteiger charge is -2.24. The number of para-hydroxylation sites is 1. The Labute approximate surface area is 146 Å². The molecule has 7 nitrogen and oxygen atoms in total. The lowest BCUT2D eigenvalue weighted by molar-refractivity contribution is -0.132. The molecule has 25 heavy (non-hydrogen) atoms. The minimum Gasteiger partial charge on any atom is -0.394 e. The number of benzene rings is 1. The highest BCUT2D eigenvalue weighted by molar-refractivity contribution is 6.09. The smallest absolute Gasteiger partial charge is 0.268 e. The molecule has 134 valence electrons. The fraction of sp³-hybridized carbons (Fsp3) is 0.444. The van der Waals surface area contributed by atoms with Crippen molar-refractivity contribution in [1.29, 1.82) is 0 Å². The van der Waals surface area contributed by atoms with Gasteiger partial charge >= 0.3 is 0 Å². The van der Waals surface area contributed by atoms with Crippen LogP contribution in [0.15, 0.2) is 24.3 Å². The second-order valence-electron chi connectivity index (χ2n) is 6.33. The molecule has 0 saturated carbocycles. The van der Waals surface area contributed by atoms with Crippen molar-refractivity contribution in [2.24, 2.45) is 0 Å². The van der Waals surface area contributed by atoms with Crippen molar-refractivity contribution in [3.8, 4) is 0 Å². The number of hydrogen-bond donors (Lipinski definition) is 3. The van der Waals surface area contributed by atoms with Gasteiger partial charge in [0, 0.05) is 12.1 Å². The van der Waals surface area contributed by atoms with Crippen LogP contribution in [-0.2, 0) is 16.9 Å². The lowest BCUT2D eigenvalue weighted by Crippen LogP contribution is -2.42. The zero-order chi connectivity index (χ0) is 18.2. The van der Waals surface area contributed by atoms with Crippen molar-refractivity contribution in [3.63, 3.8) is 0 Å². The van der Waals surface area contributed by atoms with Crippen molar-refractivity contribution in [3.05, 3.63) is 41.1 Å². The summed E-state index contributed by atoms with van der Waals surface area (Å²) in [5.74, 6) is -0.199. The first-order valence-electron chi connectivity index (χ1n) is 8.54. The summed E-state index contributed by atoms with van der Waals surface area (Å²) < 4.78 is 1.42. The van der Waals surface area contributed by atoms with Crippen LogP contribution >= 0.6 is 0 Å². The largest absolute Gasteiger partial charge is 0.394 e. The van der Waals surface area contributed by atoms with Gasteiger partial charge in [-0.25, -0.2) is 4.68 Å². The van der Waals surface area contributed by atoms with Crippen molar-refractivity contribution in [2.75, 3.05) is 23.8 Å².